The van der Waals surface area contributed by atoms with Crippen LogP contribution in [0.4, 0.5) is 0 Å². The molecule has 1 heterocycles. The number of carbonyl (C=O) groups excluding carboxylic acids is 1. The zero-order valence-electron chi connectivity index (χ0n) is 17.3. The number of rotatable bonds is 8. The lowest BCUT2D eigenvalue weighted by Gasteiger charge is -2.24. The number of ether oxygens (including phenoxy) is 2. The number of halogens is 1. The molecule has 0 radical (unpaired) electrons. The third-order valence-corrected chi connectivity index (χ3v) is 4.45. The second-order valence-electron chi connectivity index (χ2n) is 7.03. The molecule has 1 aromatic carbocycles. The van der Waals surface area contributed by atoms with Gasteiger partial charge in [-0.2, -0.15) is 0 Å². The van der Waals surface area contributed by atoms with Crippen LogP contribution in [0.15, 0.2) is 29.3 Å². The van der Waals surface area contributed by atoms with Crippen LogP contribution in [0.2, 0.25) is 0 Å². The molecule has 28 heavy (non-hydrogen) atoms. The van der Waals surface area contributed by atoms with Gasteiger partial charge in [-0.1, -0.05) is 17.7 Å². The molecule has 1 N–H and O–H groups in total. The first-order valence-electron chi connectivity index (χ1n) is 9.46. The Hall–Kier alpha value is -1.55. The molecule has 0 aromatic heterocycles. The van der Waals surface area contributed by atoms with E-state index in [0.717, 1.165) is 25.2 Å². The first kappa shape index (κ1) is 24.5. The van der Waals surface area contributed by atoms with Crippen LogP contribution < -0.4 is 10.1 Å². The predicted molar refractivity (Wildman–Crippen MR) is 123 cm³/mol. The van der Waals surface area contributed by atoms with Crippen molar-refractivity contribution in [3.8, 4) is 5.75 Å². The third-order valence-electron chi connectivity index (χ3n) is 4.45. The minimum absolute atomic E-state index is 0. The summed E-state index contributed by atoms with van der Waals surface area (Å²) in [6, 6.07) is 8.00. The number of carbonyl (C=O) groups is 1. The molecule has 1 fully saturated rings. The van der Waals surface area contributed by atoms with Crippen molar-refractivity contribution >= 4 is 35.8 Å². The number of aryl methyl sites for hydroxylation is 1. The molecule has 0 saturated carbocycles. The molecule has 1 aromatic rings. The van der Waals surface area contributed by atoms with E-state index in [1.165, 1.54) is 5.56 Å². The molecule has 1 unspecified atom stereocenters. The molecule has 1 atom stereocenters. The summed E-state index contributed by atoms with van der Waals surface area (Å²) in [4.78, 5) is 19.9. The fourth-order valence-corrected chi connectivity index (χ4v) is 2.65. The Kier molecular flexibility index (Phi) is 11.2. The highest BCUT2D eigenvalue weighted by molar-refractivity contribution is 14.0. The molecular weight excluding hydrogens is 471 g/mol. The second kappa shape index (κ2) is 12.8. The van der Waals surface area contributed by atoms with Crippen molar-refractivity contribution in [2.24, 2.45) is 4.99 Å². The third kappa shape index (κ3) is 8.64. The maximum absolute atomic E-state index is 11.9. The molecule has 0 bridgehead atoms. The van der Waals surface area contributed by atoms with Crippen molar-refractivity contribution in [3.05, 3.63) is 29.8 Å². The van der Waals surface area contributed by atoms with E-state index in [0.29, 0.717) is 25.7 Å². The zero-order valence-corrected chi connectivity index (χ0v) is 19.6. The normalized spacial score (nSPS) is 16.3. The molecule has 0 spiro atoms. The summed E-state index contributed by atoms with van der Waals surface area (Å²) >= 11 is 0. The van der Waals surface area contributed by atoms with Crippen LogP contribution in [0.3, 0.4) is 0 Å². The molecule has 1 aliphatic heterocycles. The topological polar surface area (TPSA) is 66.4 Å². The van der Waals surface area contributed by atoms with Crippen LogP contribution in [-0.4, -0.2) is 81.8 Å². The highest BCUT2D eigenvalue weighted by atomic mass is 127. The predicted octanol–water partition coefficient (Wildman–Crippen LogP) is 2.14. The summed E-state index contributed by atoms with van der Waals surface area (Å²) in [5, 5.41) is 3.34. The Bertz CT molecular complexity index is 616. The van der Waals surface area contributed by atoms with E-state index < -0.39 is 0 Å². The van der Waals surface area contributed by atoms with Gasteiger partial charge in [0.2, 0.25) is 5.91 Å². The Balaban J connectivity index is 0.00000392. The lowest BCUT2D eigenvalue weighted by atomic mass is 10.2. The molecule has 1 aliphatic rings. The number of amides is 1. The Labute approximate surface area is 185 Å². The number of benzene rings is 1. The summed E-state index contributed by atoms with van der Waals surface area (Å²) < 4.78 is 11.5. The molecule has 2 rings (SSSR count). The maximum atomic E-state index is 11.9. The van der Waals surface area contributed by atoms with Gasteiger partial charge in [0, 0.05) is 34.3 Å². The van der Waals surface area contributed by atoms with Gasteiger partial charge in [0.25, 0.3) is 0 Å². The van der Waals surface area contributed by atoms with E-state index in [-0.39, 0.29) is 42.5 Å². The molecular formula is C20H33IN4O3. The number of aliphatic imine (C=N–C) groups is 1. The van der Waals surface area contributed by atoms with Gasteiger partial charge in [0.15, 0.2) is 5.96 Å². The fourth-order valence-electron chi connectivity index (χ4n) is 2.65. The Morgan fingerprint density at radius 3 is 2.61 bits per heavy atom. The smallest absolute Gasteiger partial charge is 0.243 e. The fraction of sp³-hybridized carbons (Fsp3) is 0.600. The van der Waals surface area contributed by atoms with E-state index in [1.54, 1.807) is 19.0 Å². The Morgan fingerprint density at radius 2 is 2.00 bits per heavy atom. The summed E-state index contributed by atoms with van der Waals surface area (Å²) in [6.45, 7) is 4.86. The van der Waals surface area contributed by atoms with Gasteiger partial charge in [-0.3, -0.25) is 4.79 Å². The standard InChI is InChI=1S/C20H32N4O3.HI/c1-16-7-9-17(10-8-16)27-13-11-24(4)20(22-15-19(25)23(2)3)21-14-18-6-5-12-26-18;/h7-10,18H,5-6,11-15H2,1-4H3,(H,21,22);1H. The van der Waals surface area contributed by atoms with Crippen molar-refractivity contribution in [2.45, 2.75) is 25.9 Å². The lowest BCUT2D eigenvalue weighted by Crippen LogP contribution is -2.44. The van der Waals surface area contributed by atoms with Gasteiger partial charge in [0.1, 0.15) is 18.9 Å². The van der Waals surface area contributed by atoms with E-state index >= 15 is 0 Å². The summed E-state index contributed by atoms with van der Waals surface area (Å²) in [7, 11) is 5.41. The first-order valence-corrected chi connectivity index (χ1v) is 9.46. The summed E-state index contributed by atoms with van der Waals surface area (Å²) in [5.41, 5.74) is 1.21. The van der Waals surface area contributed by atoms with Crippen molar-refractivity contribution < 1.29 is 14.3 Å². The van der Waals surface area contributed by atoms with Gasteiger partial charge >= 0.3 is 0 Å². The maximum Gasteiger partial charge on any atom is 0.243 e. The quantitative estimate of drug-likeness (QED) is 0.334. The minimum atomic E-state index is -0.0317. The van der Waals surface area contributed by atoms with Gasteiger partial charge < -0.3 is 24.6 Å². The Morgan fingerprint density at radius 1 is 1.29 bits per heavy atom. The number of guanidine groups is 1. The first-order chi connectivity index (χ1) is 13.0. The molecule has 7 nitrogen and oxygen atoms in total. The molecule has 1 saturated heterocycles. The second-order valence-corrected chi connectivity index (χ2v) is 7.03. The average Bonchev–Trinajstić information content (AvgIpc) is 3.16. The van der Waals surface area contributed by atoms with Crippen molar-refractivity contribution in [2.75, 3.05) is 54.0 Å². The van der Waals surface area contributed by atoms with E-state index in [2.05, 4.69) is 17.2 Å². The number of nitrogens with zero attached hydrogens (tertiary/aromatic N) is 3. The van der Waals surface area contributed by atoms with Crippen LogP contribution in [0, 0.1) is 6.92 Å². The van der Waals surface area contributed by atoms with Crippen LogP contribution in [0.1, 0.15) is 18.4 Å². The summed E-state index contributed by atoms with van der Waals surface area (Å²) in [6.07, 6.45) is 2.35. The number of nitrogens with one attached hydrogen (secondary N) is 1. The number of hydrogen-bond acceptors (Lipinski definition) is 4. The van der Waals surface area contributed by atoms with Crippen LogP contribution >= 0.6 is 24.0 Å². The molecule has 1 amide bonds. The largest absolute Gasteiger partial charge is 0.492 e. The van der Waals surface area contributed by atoms with Crippen molar-refractivity contribution in [1.82, 2.24) is 15.1 Å². The van der Waals surface area contributed by atoms with Crippen molar-refractivity contribution in [1.29, 1.82) is 0 Å². The van der Waals surface area contributed by atoms with Crippen LogP contribution in [0.25, 0.3) is 0 Å². The van der Waals surface area contributed by atoms with Crippen molar-refractivity contribution in [3.63, 3.8) is 0 Å². The van der Waals surface area contributed by atoms with Gasteiger partial charge in [-0.15, -0.1) is 24.0 Å². The van der Waals surface area contributed by atoms with Gasteiger partial charge in [0.05, 0.1) is 12.6 Å². The molecule has 158 valence electrons. The highest BCUT2D eigenvalue weighted by Crippen LogP contribution is 2.12. The van der Waals surface area contributed by atoms with Gasteiger partial charge in [-0.25, -0.2) is 4.99 Å². The van der Waals surface area contributed by atoms with Crippen LogP contribution in [-0.2, 0) is 9.53 Å². The van der Waals surface area contributed by atoms with Gasteiger partial charge in [-0.05, 0) is 31.9 Å². The van der Waals surface area contributed by atoms with E-state index in [1.807, 2.05) is 36.2 Å². The SMILES string of the molecule is Cc1ccc(OCCN(C)C(=NCC(=O)N(C)C)NCC2CCCO2)cc1.I. The zero-order chi connectivity index (χ0) is 19.6. The number of hydrogen-bond donors (Lipinski definition) is 1. The summed E-state index contributed by atoms with van der Waals surface area (Å²) in [5.74, 6) is 1.51. The average molecular weight is 504 g/mol. The highest BCUT2D eigenvalue weighted by Gasteiger charge is 2.17. The monoisotopic (exact) mass is 504 g/mol. The lowest BCUT2D eigenvalue weighted by molar-refractivity contribution is -0.127. The minimum Gasteiger partial charge on any atom is -0.492 e. The van der Waals surface area contributed by atoms with E-state index in [9.17, 15) is 4.79 Å². The molecule has 0 aliphatic carbocycles. The molecule has 8 heteroatoms. The van der Waals surface area contributed by atoms with Crippen LogP contribution in [0.5, 0.6) is 5.75 Å². The number of likely N-dealkylation sites (N-methyl/N-ethyl adjacent to an activating group) is 2. The van der Waals surface area contributed by atoms with E-state index in [4.69, 9.17) is 9.47 Å².